The second kappa shape index (κ2) is 6.83. The van der Waals surface area contributed by atoms with Crippen molar-refractivity contribution in [3.05, 3.63) is 52.5 Å². The lowest BCUT2D eigenvalue weighted by Crippen LogP contribution is -2.17. The van der Waals surface area contributed by atoms with Crippen LogP contribution in [-0.2, 0) is 6.42 Å². The molecule has 2 aromatic carbocycles. The minimum absolute atomic E-state index is 0.129. The fraction of sp³-hybridized carbons (Fsp3) is 0.263. The predicted molar refractivity (Wildman–Crippen MR) is 102 cm³/mol. The van der Waals surface area contributed by atoms with Crippen molar-refractivity contribution in [2.45, 2.75) is 30.2 Å². The van der Waals surface area contributed by atoms with Crippen molar-refractivity contribution >= 4 is 23.4 Å². The molecule has 2 N–H and O–H groups in total. The Morgan fingerprint density at radius 2 is 2.12 bits per heavy atom. The maximum absolute atomic E-state index is 6.36. The van der Waals surface area contributed by atoms with E-state index in [-0.39, 0.29) is 6.04 Å². The van der Waals surface area contributed by atoms with Crippen molar-refractivity contribution in [3.63, 3.8) is 0 Å². The molecule has 0 saturated heterocycles. The summed E-state index contributed by atoms with van der Waals surface area (Å²) in [5.74, 6) is 1.00. The van der Waals surface area contributed by atoms with Crippen molar-refractivity contribution in [2.75, 3.05) is 6.26 Å². The lowest BCUT2D eigenvalue weighted by atomic mass is 9.87. The number of halogens is 1. The van der Waals surface area contributed by atoms with E-state index in [1.165, 1.54) is 11.1 Å². The van der Waals surface area contributed by atoms with E-state index in [1.54, 1.807) is 11.8 Å². The molecule has 6 heteroatoms. The summed E-state index contributed by atoms with van der Waals surface area (Å²) >= 11 is 8.00. The molecule has 4 rings (SSSR count). The van der Waals surface area contributed by atoms with E-state index in [4.69, 9.17) is 21.9 Å². The largest absolute Gasteiger partial charge is 0.334 e. The van der Waals surface area contributed by atoms with Gasteiger partial charge in [0.1, 0.15) is 0 Å². The number of hydrogen-bond donors (Lipinski definition) is 1. The summed E-state index contributed by atoms with van der Waals surface area (Å²) in [6.07, 6.45) is 5.21. The molecule has 1 heterocycles. The van der Waals surface area contributed by atoms with E-state index >= 15 is 0 Å². The predicted octanol–water partition coefficient (Wildman–Crippen LogP) is 5.12. The van der Waals surface area contributed by atoms with Gasteiger partial charge < -0.3 is 10.3 Å². The highest BCUT2D eigenvalue weighted by atomic mass is 35.5. The molecule has 3 aromatic rings. The van der Waals surface area contributed by atoms with Crippen LogP contribution in [0.3, 0.4) is 0 Å². The highest BCUT2D eigenvalue weighted by molar-refractivity contribution is 7.98. The van der Waals surface area contributed by atoms with E-state index in [9.17, 15) is 0 Å². The van der Waals surface area contributed by atoms with Gasteiger partial charge in [0.25, 0.3) is 5.89 Å². The van der Waals surface area contributed by atoms with Crippen molar-refractivity contribution in [1.29, 1.82) is 0 Å². The Hall–Kier alpha value is -1.82. The van der Waals surface area contributed by atoms with Gasteiger partial charge in [-0.1, -0.05) is 22.8 Å². The average molecular weight is 372 g/mol. The first-order valence-corrected chi connectivity index (χ1v) is 9.82. The van der Waals surface area contributed by atoms with Crippen molar-refractivity contribution < 1.29 is 4.52 Å². The van der Waals surface area contributed by atoms with Gasteiger partial charge in [-0.2, -0.15) is 4.98 Å². The summed E-state index contributed by atoms with van der Waals surface area (Å²) in [6.45, 7) is 0. The first kappa shape index (κ1) is 16.6. The monoisotopic (exact) mass is 371 g/mol. The molecule has 0 fully saturated rings. The summed E-state index contributed by atoms with van der Waals surface area (Å²) in [7, 11) is 0. The maximum Gasteiger partial charge on any atom is 0.258 e. The van der Waals surface area contributed by atoms with E-state index in [2.05, 4.69) is 22.3 Å². The standard InChI is InChI=1S/C19H18ClN3OS/c1-25-13-6-8-15(16(20)10-13)18-22-19(24-23-18)12-5-7-14-11(9-12)3-2-4-17(14)21/h5-10,17H,2-4,21H2,1H3. The van der Waals surface area contributed by atoms with E-state index in [0.29, 0.717) is 16.7 Å². The van der Waals surface area contributed by atoms with Crippen LogP contribution in [0.25, 0.3) is 22.8 Å². The van der Waals surface area contributed by atoms with E-state index < -0.39 is 0 Å². The van der Waals surface area contributed by atoms with Crippen LogP contribution in [0.15, 0.2) is 45.8 Å². The topological polar surface area (TPSA) is 64.9 Å². The van der Waals surface area contributed by atoms with Crippen LogP contribution in [0.2, 0.25) is 5.02 Å². The van der Waals surface area contributed by atoms with Crippen LogP contribution in [0.1, 0.15) is 30.0 Å². The van der Waals surface area contributed by atoms with Gasteiger partial charge in [0, 0.05) is 22.1 Å². The van der Waals surface area contributed by atoms with Gasteiger partial charge in [-0.25, -0.2) is 0 Å². The second-order valence-corrected chi connectivity index (χ2v) is 7.47. The molecule has 1 aliphatic carbocycles. The zero-order valence-corrected chi connectivity index (χ0v) is 15.4. The zero-order chi connectivity index (χ0) is 17.4. The van der Waals surface area contributed by atoms with Gasteiger partial charge in [-0.3, -0.25) is 0 Å². The summed E-state index contributed by atoms with van der Waals surface area (Å²) in [5.41, 5.74) is 10.4. The number of aromatic nitrogens is 2. The van der Waals surface area contributed by atoms with Crippen LogP contribution in [-0.4, -0.2) is 16.4 Å². The number of nitrogens with zero attached hydrogens (tertiary/aromatic N) is 2. The average Bonchev–Trinajstić information content (AvgIpc) is 3.11. The van der Waals surface area contributed by atoms with Crippen molar-refractivity contribution in [1.82, 2.24) is 10.1 Å². The molecule has 0 radical (unpaired) electrons. The first-order valence-electron chi connectivity index (χ1n) is 8.22. The van der Waals surface area contributed by atoms with Crippen LogP contribution >= 0.6 is 23.4 Å². The van der Waals surface area contributed by atoms with Crippen molar-refractivity contribution in [3.8, 4) is 22.8 Å². The van der Waals surface area contributed by atoms with Crippen LogP contribution in [0, 0.1) is 0 Å². The number of nitrogens with two attached hydrogens (primary N) is 1. The minimum Gasteiger partial charge on any atom is -0.334 e. The third-order valence-electron chi connectivity index (χ3n) is 4.59. The highest BCUT2D eigenvalue weighted by Crippen LogP contribution is 2.33. The third kappa shape index (κ3) is 3.19. The van der Waals surface area contributed by atoms with Crippen LogP contribution in [0.5, 0.6) is 0 Å². The molecule has 0 saturated carbocycles. The van der Waals surface area contributed by atoms with Gasteiger partial charge in [0.15, 0.2) is 0 Å². The molecule has 25 heavy (non-hydrogen) atoms. The maximum atomic E-state index is 6.36. The quantitative estimate of drug-likeness (QED) is 0.647. The zero-order valence-electron chi connectivity index (χ0n) is 13.8. The number of thioether (sulfide) groups is 1. The SMILES string of the molecule is CSc1ccc(-c2noc(-c3ccc4c(c3)CCCC4N)n2)c(Cl)c1. The van der Waals surface area contributed by atoms with Gasteiger partial charge in [-0.15, -0.1) is 11.8 Å². The first-order chi connectivity index (χ1) is 12.2. The molecule has 0 amide bonds. The molecule has 1 unspecified atom stereocenters. The normalized spacial score (nSPS) is 16.7. The summed E-state index contributed by atoms with van der Waals surface area (Å²) in [4.78, 5) is 5.64. The van der Waals surface area contributed by atoms with Gasteiger partial charge >= 0.3 is 0 Å². The Balaban J connectivity index is 1.68. The minimum atomic E-state index is 0.129. The Kier molecular flexibility index (Phi) is 4.54. The number of fused-ring (bicyclic) bond motifs is 1. The molecule has 128 valence electrons. The number of hydrogen-bond acceptors (Lipinski definition) is 5. The van der Waals surface area contributed by atoms with Gasteiger partial charge in [-0.05, 0) is 67.0 Å². The number of benzene rings is 2. The number of rotatable bonds is 3. The molecule has 0 aliphatic heterocycles. The number of aryl methyl sites for hydroxylation is 1. The summed E-state index contributed by atoms with van der Waals surface area (Å²) in [6, 6.07) is 12.2. The summed E-state index contributed by atoms with van der Waals surface area (Å²) in [5, 5.41) is 4.73. The molecular weight excluding hydrogens is 354 g/mol. The van der Waals surface area contributed by atoms with Gasteiger partial charge in [0.05, 0.1) is 5.02 Å². The van der Waals surface area contributed by atoms with E-state index in [1.807, 2.05) is 30.5 Å². The molecule has 1 aromatic heterocycles. The lowest BCUT2D eigenvalue weighted by molar-refractivity contribution is 0.432. The van der Waals surface area contributed by atoms with Crippen molar-refractivity contribution in [2.24, 2.45) is 5.73 Å². The lowest BCUT2D eigenvalue weighted by Gasteiger charge is -2.22. The second-order valence-electron chi connectivity index (χ2n) is 6.18. The van der Waals surface area contributed by atoms with Gasteiger partial charge in [0.2, 0.25) is 5.82 Å². The Labute approximate surface area is 155 Å². The van der Waals surface area contributed by atoms with Crippen LogP contribution < -0.4 is 5.73 Å². The Morgan fingerprint density at radius 3 is 2.92 bits per heavy atom. The molecule has 0 spiro atoms. The Bertz CT molecular complexity index is 925. The third-order valence-corrected chi connectivity index (χ3v) is 5.63. The molecular formula is C19H18ClN3OS. The smallest absolute Gasteiger partial charge is 0.258 e. The fourth-order valence-electron chi connectivity index (χ4n) is 3.24. The molecule has 4 nitrogen and oxygen atoms in total. The fourth-order valence-corrected chi connectivity index (χ4v) is 4.01. The molecule has 1 aliphatic rings. The summed E-state index contributed by atoms with van der Waals surface area (Å²) < 4.78 is 5.48. The van der Waals surface area contributed by atoms with Crippen LogP contribution in [0.4, 0.5) is 0 Å². The Morgan fingerprint density at radius 1 is 1.24 bits per heavy atom. The molecule has 1 atom stereocenters. The highest BCUT2D eigenvalue weighted by Gasteiger charge is 2.19. The molecule has 0 bridgehead atoms. The van der Waals surface area contributed by atoms with E-state index in [0.717, 1.165) is 35.3 Å².